The summed E-state index contributed by atoms with van der Waals surface area (Å²) in [7, 11) is 0. The molecule has 0 heterocycles. The third-order valence-corrected chi connectivity index (χ3v) is 4.50. The summed E-state index contributed by atoms with van der Waals surface area (Å²) in [4.78, 5) is 12.1. The molecule has 4 nitrogen and oxygen atoms in total. The fraction of sp³-hybridized carbons (Fsp3) is 0.929. The molecule has 0 aromatic rings. The topological polar surface area (TPSA) is 64.3 Å². The summed E-state index contributed by atoms with van der Waals surface area (Å²) < 4.78 is 5.26. The summed E-state index contributed by atoms with van der Waals surface area (Å²) >= 11 is 0. The summed E-state index contributed by atoms with van der Waals surface area (Å²) in [6.45, 7) is 4.32. The van der Waals surface area contributed by atoms with Crippen LogP contribution < -0.4 is 11.1 Å². The number of amides is 1. The molecule has 112 valence electrons. The molecule has 0 aromatic heterocycles. The first kappa shape index (κ1) is 16.7. The fourth-order valence-electron chi connectivity index (χ4n) is 3.53. The molecular weight excluding hydrogens is 264 g/mol. The van der Waals surface area contributed by atoms with Gasteiger partial charge in [-0.25, -0.2) is 0 Å². The molecule has 0 spiro atoms. The Morgan fingerprint density at radius 3 is 2.68 bits per heavy atom. The van der Waals surface area contributed by atoms with Crippen molar-refractivity contribution in [2.24, 2.45) is 23.5 Å². The van der Waals surface area contributed by atoms with Crippen LogP contribution in [-0.2, 0) is 9.53 Å². The Morgan fingerprint density at radius 2 is 2.05 bits per heavy atom. The van der Waals surface area contributed by atoms with Crippen molar-refractivity contribution in [2.75, 3.05) is 19.8 Å². The highest BCUT2D eigenvalue weighted by atomic mass is 35.5. The van der Waals surface area contributed by atoms with Crippen LogP contribution in [0.5, 0.6) is 0 Å². The Labute approximate surface area is 122 Å². The van der Waals surface area contributed by atoms with Gasteiger partial charge in [0, 0.05) is 25.8 Å². The van der Waals surface area contributed by atoms with E-state index in [0.717, 1.165) is 32.6 Å². The molecule has 2 aliphatic carbocycles. The Morgan fingerprint density at radius 1 is 1.32 bits per heavy atom. The second-order valence-electron chi connectivity index (χ2n) is 5.63. The number of halogens is 1. The minimum Gasteiger partial charge on any atom is -0.382 e. The summed E-state index contributed by atoms with van der Waals surface area (Å²) in [6, 6.07) is 0.104. The van der Waals surface area contributed by atoms with Crippen molar-refractivity contribution >= 4 is 18.3 Å². The van der Waals surface area contributed by atoms with Gasteiger partial charge in [0.25, 0.3) is 0 Å². The van der Waals surface area contributed by atoms with Crippen molar-refractivity contribution in [1.82, 2.24) is 5.32 Å². The van der Waals surface area contributed by atoms with Gasteiger partial charge in [0.2, 0.25) is 5.91 Å². The number of unbranched alkanes of at least 4 members (excludes halogenated alkanes) is 1. The van der Waals surface area contributed by atoms with E-state index in [2.05, 4.69) is 5.32 Å². The zero-order valence-corrected chi connectivity index (χ0v) is 12.6. The van der Waals surface area contributed by atoms with Crippen molar-refractivity contribution in [3.63, 3.8) is 0 Å². The van der Waals surface area contributed by atoms with Gasteiger partial charge in [0.1, 0.15) is 0 Å². The van der Waals surface area contributed by atoms with Crippen LogP contribution in [0.4, 0.5) is 0 Å². The lowest BCUT2D eigenvalue weighted by molar-refractivity contribution is -0.127. The van der Waals surface area contributed by atoms with Gasteiger partial charge in [-0.05, 0) is 50.9 Å². The average molecular weight is 291 g/mol. The normalized spacial score (nSPS) is 32.1. The van der Waals surface area contributed by atoms with Gasteiger partial charge in [0.15, 0.2) is 0 Å². The van der Waals surface area contributed by atoms with Gasteiger partial charge >= 0.3 is 0 Å². The number of hydrogen-bond donors (Lipinski definition) is 2. The van der Waals surface area contributed by atoms with E-state index in [1.807, 2.05) is 6.92 Å². The Hall–Kier alpha value is -0.320. The number of rotatable bonds is 7. The van der Waals surface area contributed by atoms with E-state index in [9.17, 15) is 4.79 Å². The predicted octanol–water partition coefficient (Wildman–Crippen LogP) is 1.71. The lowest BCUT2D eigenvalue weighted by Crippen LogP contribution is -2.45. The third-order valence-electron chi connectivity index (χ3n) is 4.50. The Bertz CT molecular complexity index is 287. The highest BCUT2D eigenvalue weighted by Crippen LogP contribution is 2.47. The maximum atomic E-state index is 12.1. The minimum absolute atomic E-state index is 0. The number of nitrogens with one attached hydrogen (secondary N) is 1. The maximum Gasteiger partial charge on any atom is 0.224 e. The van der Waals surface area contributed by atoms with E-state index in [-0.39, 0.29) is 30.3 Å². The van der Waals surface area contributed by atoms with Crippen molar-refractivity contribution in [1.29, 1.82) is 0 Å². The van der Waals surface area contributed by atoms with E-state index in [4.69, 9.17) is 10.5 Å². The summed E-state index contributed by atoms with van der Waals surface area (Å²) in [5, 5.41) is 3.04. The van der Waals surface area contributed by atoms with Gasteiger partial charge in [-0.2, -0.15) is 0 Å². The number of fused-ring (bicyclic) bond motifs is 2. The molecule has 2 fully saturated rings. The fourth-order valence-corrected chi connectivity index (χ4v) is 3.53. The number of ether oxygens (including phenoxy) is 1. The van der Waals surface area contributed by atoms with E-state index < -0.39 is 0 Å². The quantitative estimate of drug-likeness (QED) is 0.702. The standard InChI is InChI=1S/C14H26N2O2.ClH/c1-2-18-8-4-3-7-16-14(17)12-10-5-6-11(9-10)13(12)15;/h10-13H,2-9,15H2,1H3,(H,16,17);1H. The van der Waals surface area contributed by atoms with Crippen LogP contribution in [0, 0.1) is 17.8 Å². The van der Waals surface area contributed by atoms with Crippen LogP contribution >= 0.6 is 12.4 Å². The molecule has 4 atom stereocenters. The summed E-state index contributed by atoms with van der Waals surface area (Å²) in [5.41, 5.74) is 6.15. The van der Waals surface area contributed by atoms with E-state index in [1.54, 1.807) is 0 Å². The molecule has 4 unspecified atom stereocenters. The van der Waals surface area contributed by atoms with E-state index >= 15 is 0 Å². The zero-order valence-electron chi connectivity index (χ0n) is 11.8. The van der Waals surface area contributed by atoms with Crippen molar-refractivity contribution in [3.05, 3.63) is 0 Å². The molecule has 1 amide bonds. The van der Waals surface area contributed by atoms with E-state index in [1.165, 1.54) is 19.3 Å². The molecule has 5 heteroatoms. The van der Waals surface area contributed by atoms with Crippen molar-refractivity contribution in [3.8, 4) is 0 Å². The molecule has 0 radical (unpaired) electrons. The Balaban J connectivity index is 0.00000180. The van der Waals surface area contributed by atoms with Crippen LogP contribution in [0.2, 0.25) is 0 Å². The maximum absolute atomic E-state index is 12.1. The second-order valence-corrected chi connectivity index (χ2v) is 5.63. The lowest BCUT2D eigenvalue weighted by Gasteiger charge is -2.27. The Kier molecular flexibility index (Phi) is 7.11. The van der Waals surface area contributed by atoms with Gasteiger partial charge in [-0.1, -0.05) is 0 Å². The first-order chi connectivity index (χ1) is 8.74. The number of carbonyl (C=O) groups is 1. The van der Waals surface area contributed by atoms with Crippen LogP contribution in [-0.4, -0.2) is 31.7 Å². The summed E-state index contributed by atoms with van der Waals surface area (Å²) in [6.07, 6.45) is 5.59. The molecule has 19 heavy (non-hydrogen) atoms. The van der Waals surface area contributed by atoms with Gasteiger partial charge in [-0.15, -0.1) is 12.4 Å². The monoisotopic (exact) mass is 290 g/mol. The molecule has 2 saturated carbocycles. The number of nitrogens with two attached hydrogens (primary N) is 1. The molecule has 0 saturated heterocycles. The predicted molar refractivity (Wildman–Crippen MR) is 78.3 cm³/mol. The zero-order chi connectivity index (χ0) is 13.0. The van der Waals surface area contributed by atoms with Gasteiger partial charge in [-0.3, -0.25) is 4.79 Å². The SMILES string of the molecule is CCOCCCCNC(=O)C1C2CCC(C2)C1N.Cl. The van der Waals surface area contributed by atoms with E-state index in [0.29, 0.717) is 11.8 Å². The molecule has 3 N–H and O–H groups in total. The molecule has 2 bridgehead atoms. The van der Waals surface area contributed by atoms with Gasteiger partial charge < -0.3 is 15.8 Å². The smallest absolute Gasteiger partial charge is 0.224 e. The second kappa shape index (κ2) is 8.08. The average Bonchev–Trinajstić information content (AvgIpc) is 2.94. The summed E-state index contributed by atoms with van der Waals surface area (Å²) in [5.74, 6) is 1.42. The molecule has 0 aliphatic heterocycles. The lowest BCUT2D eigenvalue weighted by atomic mass is 9.84. The van der Waals surface area contributed by atoms with Crippen LogP contribution in [0.3, 0.4) is 0 Å². The van der Waals surface area contributed by atoms with Crippen LogP contribution in [0.25, 0.3) is 0 Å². The largest absolute Gasteiger partial charge is 0.382 e. The molecule has 2 rings (SSSR count). The molecular formula is C14H27ClN2O2. The third kappa shape index (κ3) is 4.07. The van der Waals surface area contributed by atoms with Crippen LogP contribution in [0.1, 0.15) is 39.0 Å². The molecule has 2 aliphatic rings. The highest BCUT2D eigenvalue weighted by Gasteiger charge is 2.48. The number of carbonyl (C=O) groups excluding carboxylic acids is 1. The highest BCUT2D eigenvalue weighted by molar-refractivity contribution is 5.85. The first-order valence-electron chi connectivity index (χ1n) is 7.35. The minimum atomic E-state index is 0. The first-order valence-corrected chi connectivity index (χ1v) is 7.35. The van der Waals surface area contributed by atoms with Crippen molar-refractivity contribution in [2.45, 2.75) is 45.1 Å². The van der Waals surface area contributed by atoms with Crippen LogP contribution in [0.15, 0.2) is 0 Å². The number of hydrogen-bond acceptors (Lipinski definition) is 3. The van der Waals surface area contributed by atoms with Crippen molar-refractivity contribution < 1.29 is 9.53 Å². The molecule has 0 aromatic carbocycles. The van der Waals surface area contributed by atoms with Gasteiger partial charge in [0.05, 0.1) is 5.92 Å².